The number of fused-ring (bicyclic) bond motifs is 1. The number of nitrogens with zero attached hydrogens (tertiary/aromatic N) is 2. The van der Waals surface area contributed by atoms with Crippen molar-refractivity contribution in [2.45, 2.75) is 33.6 Å². The number of ether oxygens (including phenoxy) is 1. The molecule has 18 heavy (non-hydrogen) atoms. The Morgan fingerprint density at radius 3 is 2.89 bits per heavy atom. The van der Waals surface area contributed by atoms with Crippen molar-refractivity contribution < 1.29 is 9.53 Å². The molecule has 0 atom stereocenters. The molecule has 0 saturated heterocycles. The topological polar surface area (TPSA) is 43.6 Å². The lowest BCUT2D eigenvalue weighted by atomic mass is 10.1. The molecule has 0 radical (unpaired) electrons. The summed E-state index contributed by atoms with van der Waals surface area (Å²) in [6.07, 6.45) is 3.25. The van der Waals surface area contributed by atoms with Crippen LogP contribution in [0.1, 0.15) is 42.9 Å². The van der Waals surface area contributed by atoms with Crippen LogP contribution in [0.2, 0.25) is 0 Å². The summed E-state index contributed by atoms with van der Waals surface area (Å²) in [6, 6.07) is 3.75. The van der Waals surface area contributed by atoms with Gasteiger partial charge in [0, 0.05) is 12.6 Å². The van der Waals surface area contributed by atoms with Crippen molar-refractivity contribution >= 4 is 11.4 Å². The van der Waals surface area contributed by atoms with E-state index in [9.17, 15) is 4.79 Å². The molecule has 0 bridgehead atoms. The van der Waals surface area contributed by atoms with Gasteiger partial charge in [0.2, 0.25) is 0 Å². The van der Waals surface area contributed by atoms with Crippen LogP contribution in [-0.2, 0) is 0 Å². The summed E-state index contributed by atoms with van der Waals surface area (Å²) in [5.74, 6) is 0.856. The van der Waals surface area contributed by atoms with Gasteiger partial charge in [-0.15, -0.1) is 0 Å². The third-order valence-electron chi connectivity index (χ3n) is 2.83. The molecule has 0 saturated carbocycles. The summed E-state index contributed by atoms with van der Waals surface area (Å²) in [7, 11) is 0. The summed E-state index contributed by atoms with van der Waals surface area (Å²) in [4.78, 5) is 16.6. The van der Waals surface area contributed by atoms with Crippen molar-refractivity contribution in [3.63, 3.8) is 0 Å². The van der Waals surface area contributed by atoms with Crippen LogP contribution >= 0.6 is 0 Å². The van der Waals surface area contributed by atoms with Crippen molar-refractivity contribution in [3.8, 4) is 5.75 Å². The fourth-order valence-electron chi connectivity index (χ4n) is 2.11. The van der Waals surface area contributed by atoms with E-state index in [1.807, 2.05) is 43.5 Å². The van der Waals surface area contributed by atoms with Crippen LogP contribution in [0.5, 0.6) is 5.75 Å². The zero-order valence-corrected chi connectivity index (χ0v) is 11.1. The van der Waals surface area contributed by atoms with Crippen LogP contribution in [0.15, 0.2) is 18.3 Å². The van der Waals surface area contributed by atoms with E-state index < -0.39 is 0 Å². The third kappa shape index (κ3) is 2.10. The molecule has 2 aromatic rings. The molecule has 0 aromatic carbocycles. The van der Waals surface area contributed by atoms with Crippen LogP contribution in [0, 0.1) is 6.92 Å². The van der Waals surface area contributed by atoms with E-state index in [2.05, 4.69) is 4.98 Å². The minimum absolute atomic E-state index is 0.135. The predicted molar refractivity (Wildman–Crippen MR) is 70.3 cm³/mol. The first-order valence-corrected chi connectivity index (χ1v) is 6.32. The van der Waals surface area contributed by atoms with E-state index in [1.54, 1.807) is 0 Å². The van der Waals surface area contributed by atoms with Gasteiger partial charge in [-0.25, -0.2) is 4.98 Å². The minimum atomic E-state index is 0.135. The smallest absolute Gasteiger partial charge is 0.181 e. The molecule has 0 aliphatic carbocycles. The standard InChI is InChI=1S/C14H18N2O2/c1-4-7-11(17)13-10(3)15-14-12(18-5-2)8-6-9-16(13)14/h6,8-9H,4-5,7H2,1-3H3. The fraction of sp³-hybridized carbons (Fsp3) is 0.429. The van der Waals surface area contributed by atoms with Gasteiger partial charge in [0.05, 0.1) is 12.3 Å². The first kappa shape index (κ1) is 12.6. The number of Topliss-reactive ketones (excluding diaryl/α,β-unsaturated/α-hetero) is 1. The van der Waals surface area contributed by atoms with E-state index in [1.165, 1.54) is 0 Å². The number of carbonyl (C=O) groups is 1. The van der Waals surface area contributed by atoms with Gasteiger partial charge < -0.3 is 4.74 Å². The number of rotatable bonds is 5. The number of aryl methyl sites for hydroxylation is 1. The van der Waals surface area contributed by atoms with Crippen LogP contribution in [0.4, 0.5) is 0 Å². The third-order valence-corrected chi connectivity index (χ3v) is 2.83. The van der Waals surface area contributed by atoms with Gasteiger partial charge in [0.15, 0.2) is 17.2 Å². The Morgan fingerprint density at radius 1 is 1.44 bits per heavy atom. The lowest BCUT2D eigenvalue weighted by Crippen LogP contribution is -2.05. The van der Waals surface area contributed by atoms with Crippen molar-refractivity contribution in [1.82, 2.24) is 9.38 Å². The first-order chi connectivity index (χ1) is 8.69. The lowest BCUT2D eigenvalue weighted by Gasteiger charge is -2.05. The molecule has 0 unspecified atom stereocenters. The van der Waals surface area contributed by atoms with Gasteiger partial charge in [-0.1, -0.05) is 6.92 Å². The minimum Gasteiger partial charge on any atom is -0.490 e. The molecule has 2 heterocycles. The number of carbonyl (C=O) groups excluding carboxylic acids is 1. The number of ketones is 1. The summed E-state index contributed by atoms with van der Waals surface area (Å²) in [5.41, 5.74) is 2.16. The molecule has 96 valence electrons. The Kier molecular flexibility index (Phi) is 3.65. The quantitative estimate of drug-likeness (QED) is 0.762. The van der Waals surface area contributed by atoms with E-state index >= 15 is 0 Å². The largest absolute Gasteiger partial charge is 0.490 e. The van der Waals surface area contributed by atoms with Gasteiger partial charge in [0.1, 0.15) is 5.69 Å². The molecule has 2 rings (SSSR count). The fourth-order valence-corrected chi connectivity index (χ4v) is 2.11. The molecule has 4 heteroatoms. The molecule has 4 nitrogen and oxygen atoms in total. The lowest BCUT2D eigenvalue weighted by molar-refractivity contribution is 0.0975. The number of aromatic nitrogens is 2. The monoisotopic (exact) mass is 246 g/mol. The average Bonchev–Trinajstić information content (AvgIpc) is 2.67. The predicted octanol–water partition coefficient (Wildman–Crippen LogP) is 3.02. The first-order valence-electron chi connectivity index (χ1n) is 6.32. The number of hydrogen-bond acceptors (Lipinski definition) is 3. The highest BCUT2D eigenvalue weighted by molar-refractivity contribution is 5.96. The molecule has 0 fully saturated rings. The van der Waals surface area contributed by atoms with Crippen LogP contribution < -0.4 is 4.74 Å². The Balaban J connectivity index is 2.58. The normalized spacial score (nSPS) is 10.8. The van der Waals surface area contributed by atoms with Gasteiger partial charge in [-0.05, 0) is 32.4 Å². The highest BCUT2D eigenvalue weighted by Gasteiger charge is 2.17. The summed E-state index contributed by atoms with van der Waals surface area (Å²) in [6.45, 7) is 6.39. The maximum absolute atomic E-state index is 12.1. The second-order valence-electron chi connectivity index (χ2n) is 4.22. The summed E-state index contributed by atoms with van der Waals surface area (Å²) >= 11 is 0. The Morgan fingerprint density at radius 2 is 2.22 bits per heavy atom. The molecule has 0 aliphatic heterocycles. The molecule has 0 N–H and O–H groups in total. The van der Waals surface area contributed by atoms with Crippen LogP contribution in [0.25, 0.3) is 5.65 Å². The Bertz CT molecular complexity index is 572. The maximum Gasteiger partial charge on any atom is 0.181 e. The molecule has 0 aliphatic rings. The second-order valence-corrected chi connectivity index (χ2v) is 4.22. The van der Waals surface area contributed by atoms with Crippen molar-refractivity contribution in [2.24, 2.45) is 0 Å². The van der Waals surface area contributed by atoms with E-state index in [4.69, 9.17) is 4.74 Å². The number of imidazole rings is 1. The van der Waals surface area contributed by atoms with E-state index in [0.29, 0.717) is 18.7 Å². The summed E-state index contributed by atoms with van der Waals surface area (Å²) < 4.78 is 7.36. The van der Waals surface area contributed by atoms with E-state index in [0.717, 1.165) is 23.5 Å². The Labute approximate surface area is 107 Å². The van der Waals surface area contributed by atoms with Crippen molar-refractivity contribution in [3.05, 3.63) is 29.7 Å². The molecule has 0 amide bonds. The second kappa shape index (κ2) is 5.21. The zero-order valence-electron chi connectivity index (χ0n) is 11.1. The number of hydrogen-bond donors (Lipinski definition) is 0. The van der Waals surface area contributed by atoms with Gasteiger partial charge in [-0.2, -0.15) is 0 Å². The van der Waals surface area contributed by atoms with Crippen molar-refractivity contribution in [2.75, 3.05) is 6.61 Å². The van der Waals surface area contributed by atoms with Crippen molar-refractivity contribution in [1.29, 1.82) is 0 Å². The molecular formula is C14H18N2O2. The SMILES string of the molecule is CCCC(=O)c1c(C)nc2c(OCC)cccn12. The van der Waals surface area contributed by atoms with Gasteiger partial charge in [-0.3, -0.25) is 9.20 Å². The maximum atomic E-state index is 12.1. The van der Waals surface area contributed by atoms with Gasteiger partial charge in [0.25, 0.3) is 0 Å². The summed E-state index contributed by atoms with van der Waals surface area (Å²) in [5, 5.41) is 0. The highest BCUT2D eigenvalue weighted by atomic mass is 16.5. The Hall–Kier alpha value is -1.84. The molecule has 2 aromatic heterocycles. The van der Waals surface area contributed by atoms with Crippen LogP contribution in [0.3, 0.4) is 0 Å². The van der Waals surface area contributed by atoms with Gasteiger partial charge >= 0.3 is 0 Å². The molecule has 0 spiro atoms. The van der Waals surface area contributed by atoms with E-state index in [-0.39, 0.29) is 5.78 Å². The average molecular weight is 246 g/mol. The molecular weight excluding hydrogens is 228 g/mol. The van der Waals surface area contributed by atoms with Crippen LogP contribution in [-0.4, -0.2) is 21.8 Å². The highest BCUT2D eigenvalue weighted by Crippen LogP contribution is 2.22. The zero-order chi connectivity index (χ0) is 13.1. The number of pyridine rings is 1.